The summed E-state index contributed by atoms with van der Waals surface area (Å²) in [6, 6.07) is 4.31. The van der Waals surface area contributed by atoms with Crippen LogP contribution in [0.5, 0.6) is 5.75 Å². The van der Waals surface area contributed by atoms with Crippen LogP contribution in [0.15, 0.2) is 18.2 Å². The van der Waals surface area contributed by atoms with E-state index >= 15 is 0 Å². The zero-order chi connectivity index (χ0) is 15.2. The molecule has 0 aliphatic carbocycles. The zero-order valence-corrected chi connectivity index (χ0v) is 12.0. The molecule has 1 fully saturated rings. The van der Waals surface area contributed by atoms with Crippen molar-refractivity contribution in [3.63, 3.8) is 0 Å². The first-order valence-corrected chi connectivity index (χ1v) is 7.07. The molecular weight excluding hydrogens is 272 g/mol. The lowest BCUT2D eigenvalue weighted by Gasteiger charge is -2.17. The number of carboxylic acid groups (broad SMARTS) is 1. The van der Waals surface area contributed by atoms with Crippen LogP contribution < -0.4 is 15.4 Å². The first-order chi connectivity index (χ1) is 10.1. The number of carbonyl (C=O) groups is 2. The Hall–Kier alpha value is -2.08. The maximum atomic E-state index is 12.3. The van der Waals surface area contributed by atoms with Gasteiger partial charge in [0.2, 0.25) is 5.91 Å². The van der Waals surface area contributed by atoms with Crippen LogP contribution in [0.2, 0.25) is 0 Å². The van der Waals surface area contributed by atoms with Crippen LogP contribution in [-0.4, -0.2) is 36.7 Å². The number of methoxy groups -OCH3 is 1. The van der Waals surface area contributed by atoms with Gasteiger partial charge in [-0.15, -0.1) is 0 Å². The average Bonchev–Trinajstić information content (AvgIpc) is 2.76. The standard InChI is InChI=1S/C15H20N2O4/c1-21-10-6-7-12(11(9-10)15(19)20)17-14(18)13-5-3-2-4-8-16-13/h6-7,9,13,16H,2-5,8H2,1H3,(H,17,18)(H,19,20). The average molecular weight is 292 g/mol. The summed E-state index contributed by atoms with van der Waals surface area (Å²) in [7, 11) is 1.47. The Labute approximate surface area is 123 Å². The molecule has 1 aliphatic rings. The van der Waals surface area contributed by atoms with E-state index in [0.717, 1.165) is 32.2 Å². The Balaban J connectivity index is 2.14. The molecule has 1 aromatic rings. The fourth-order valence-corrected chi connectivity index (χ4v) is 2.41. The van der Waals surface area contributed by atoms with Crippen LogP contribution in [0, 0.1) is 0 Å². The van der Waals surface area contributed by atoms with Gasteiger partial charge in [0.05, 0.1) is 24.4 Å². The predicted octanol–water partition coefficient (Wildman–Crippen LogP) is 1.86. The Bertz CT molecular complexity index is 522. The molecule has 21 heavy (non-hydrogen) atoms. The Morgan fingerprint density at radius 2 is 2.14 bits per heavy atom. The molecule has 0 spiro atoms. The lowest BCUT2D eigenvalue weighted by Crippen LogP contribution is -2.40. The highest BCUT2D eigenvalue weighted by Crippen LogP contribution is 2.22. The molecule has 1 aliphatic heterocycles. The number of amides is 1. The molecule has 0 radical (unpaired) electrons. The molecule has 0 saturated carbocycles. The van der Waals surface area contributed by atoms with Gasteiger partial charge in [-0.2, -0.15) is 0 Å². The summed E-state index contributed by atoms with van der Waals surface area (Å²) < 4.78 is 5.01. The van der Waals surface area contributed by atoms with Crippen molar-refractivity contribution >= 4 is 17.6 Å². The highest BCUT2D eigenvalue weighted by atomic mass is 16.5. The molecule has 114 valence electrons. The van der Waals surface area contributed by atoms with Gasteiger partial charge < -0.3 is 20.5 Å². The quantitative estimate of drug-likeness (QED) is 0.788. The topological polar surface area (TPSA) is 87.7 Å². The molecule has 0 bridgehead atoms. The first-order valence-electron chi connectivity index (χ1n) is 7.07. The summed E-state index contributed by atoms with van der Waals surface area (Å²) in [5, 5.41) is 15.1. The van der Waals surface area contributed by atoms with Gasteiger partial charge in [-0.3, -0.25) is 4.79 Å². The maximum absolute atomic E-state index is 12.3. The number of ether oxygens (including phenoxy) is 1. The van der Waals surface area contributed by atoms with Crippen LogP contribution in [0.4, 0.5) is 5.69 Å². The number of aromatic carboxylic acids is 1. The number of carboxylic acids is 1. The van der Waals surface area contributed by atoms with Gasteiger partial charge >= 0.3 is 5.97 Å². The fourth-order valence-electron chi connectivity index (χ4n) is 2.41. The number of hydrogen-bond acceptors (Lipinski definition) is 4. The van der Waals surface area contributed by atoms with Crippen molar-refractivity contribution in [2.45, 2.75) is 31.7 Å². The largest absolute Gasteiger partial charge is 0.497 e. The van der Waals surface area contributed by atoms with E-state index in [1.807, 2.05) is 0 Å². The Morgan fingerprint density at radius 3 is 2.86 bits per heavy atom. The van der Waals surface area contributed by atoms with Gasteiger partial charge in [0.15, 0.2) is 0 Å². The number of benzene rings is 1. The Morgan fingerprint density at radius 1 is 1.33 bits per heavy atom. The number of hydrogen-bond donors (Lipinski definition) is 3. The number of anilines is 1. The van der Waals surface area contributed by atoms with E-state index in [2.05, 4.69) is 10.6 Å². The highest BCUT2D eigenvalue weighted by Gasteiger charge is 2.21. The van der Waals surface area contributed by atoms with Crippen LogP contribution in [0.3, 0.4) is 0 Å². The van der Waals surface area contributed by atoms with Gasteiger partial charge in [-0.25, -0.2) is 4.79 Å². The molecule has 1 heterocycles. The van der Waals surface area contributed by atoms with Crippen LogP contribution >= 0.6 is 0 Å². The molecule has 1 amide bonds. The van der Waals surface area contributed by atoms with Crippen LogP contribution in [0.1, 0.15) is 36.0 Å². The van der Waals surface area contributed by atoms with Gasteiger partial charge in [0, 0.05) is 0 Å². The minimum absolute atomic E-state index is 0.0244. The number of carbonyl (C=O) groups excluding carboxylic acids is 1. The molecule has 6 nitrogen and oxygen atoms in total. The molecule has 1 aromatic carbocycles. The molecular formula is C15H20N2O4. The van der Waals surface area contributed by atoms with Crippen molar-refractivity contribution in [3.05, 3.63) is 23.8 Å². The monoisotopic (exact) mass is 292 g/mol. The second-order valence-corrected chi connectivity index (χ2v) is 5.06. The summed E-state index contributed by atoms with van der Waals surface area (Å²) in [6.45, 7) is 0.812. The molecule has 3 N–H and O–H groups in total. The van der Waals surface area contributed by atoms with E-state index in [1.165, 1.54) is 13.2 Å². The Kier molecular flexibility index (Phi) is 5.16. The van der Waals surface area contributed by atoms with E-state index in [-0.39, 0.29) is 17.5 Å². The third-order valence-electron chi connectivity index (χ3n) is 3.59. The van der Waals surface area contributed by atoms with Gasteiger partial charge in [-0.1, -0.05) is 12.8 Å². The summed E-state index contributed by atoms with van der Waals surface area (Å²) in [6.07, 6.45) is 3.94. The minimum Gasteiger partial charge on any atom is -0.497 e. The second-order valence-electron chi connectivity index (χ2n) is 5.06. The van der Waals surface area contributed by atoms with Crippen molar-refractivity contribution in [1.82, 2.24) is 5.32 Å². The van der Waals surface area contributed by atoms with Crippen molar-refractivity contribution < 1.29 is 19.4 Å². The molecule has 1 saturated heterocycles. The zero-order valence-electron chi connectivity index (χ0n) is 12.0. The SMILES string of the molecule is COc1ccc(NC(=O)C2CCCCCN2)c(C(=O)O)c1. The summed E-state index contributed by atoms with van der Waals surface area (Å²) >= 11 is 0. The van der Waals surface area contributed by atoms with E-state index in [9.17, 15) is 14.7 Å². The minimum atomic E-state index is -1.10. The predicted molar refractivity (Wildman–Crippen MR) is 78.8 cm³/mol. The lowest BCUT2D eigenvalue weighted by molar-refractivity contribution is -0.118. The van der Waals surface area contributed by atoms with Gasteiger partial charge in [0.25, 0.3) is 0 Å². The molecule has 1 unspecified atom stereocenters. The third-order valence-corrected chi connectivity index (χ3v) is 3.59. The highest BCUT2D eigenvalue weighted by molar-refractivity contribution is 6.02. The lowest BCUT2D eigenvalue weighted by atomic mass is 10.1. The van der Waals surface area contributed by atoms with Crippen molar-refractivity contribution in [2.24, 2.45) is 0 Å². The fraction of sp³-hybridized carbons (Fsp3) is 0.467. The number of rotatable bonds is 4. The summed E-state index contributed by atoms with van der Waals surface area (Å²) in [4.78, 5) is 23.5. The van der Waals surface area contributed by atoms with Crippen molar-refractivity contribution in [1.29, 1.82) is 0 Å². The third kappa shape index (κ3) is 3.95. The van der Waals surface area contributed by atoms with E-state index < -0.39 is 5.97 Å². The van der Waals surface area contributed by atoms with Crippen LogP contribution in [-0.2, 0) is 4.79 Å². The molecule has 0 aromatic heterocycles. The van der Waals surface area contributed by atoms with Crippen molar-refractivity contribution in [3.8, 4) is 5.75 Å². The first kappa shape index (κ1) is 15.3. The smallest absolute Gasteiger partial charge is 0.337 e. The van der Waals surface area contributed by atoms with E-state index in [4.69, 9.17) is 4.74 Å². The van der Waals surface area contributed by atoms with Crippen molar-refractivity contribution in [2.75, 3.05) is 19.0 Å². The van der Waals surface area contributed by atoms with E-state index in [1.54, 1.807) is 12.1 Å². The maximum Gasteiger partial charge on any atom is 0.337 e. The van der Waals surface area contributed by atoms with E-state index in [0.29, 0.717) is 11.4 Å². The molecule has 2 rings (SSSR count). The summed E-state index contributed by atoms with van der Waals surface area (Å²) in [5.41, 5.74) is 0.315. The van der Waals surface area contributed by atoms with Gasteiger partial charge in [-0.05, 0) is 37.6 Å². The number of nitrogens with one attached hydrogen (secondary N) is 2. The summed E-state index contributed by atoms with van der Waals surface area (Å²) in [5.74, 6) is -0.847. The van der Waals surface area contributed by atoms with Crippen LogP contribution in [0.25, 0.3) is 0 Å². The second kappa shape index (κ2) is 7.08. The molecule has 6 heteroatoms. The molecule has 1 atom stereocenters. The normalized spacial score (nSPS) is 18.6. The van der Waals surface area contributed by atoms with Gasteiger partial charge in [0.1, 0.15) is 5.75 Å².